The van der Waals surface area contributed by atoms with Crippen LogP contribution in [-0.4, -0.2) is 46.2 Å². The molecule has 3 rings (SSSR count). The monoisotopic (exact) mass is 304 g/mol. The minimum atomic E-state index is -0.628. The van der Waals surface area contributed by atoms with Crippen molar-refractivity contribution < 1.29 is 4.79 Å². The van der Waals surface area contributed by atoms with Gasteiger partial charge in [0.05, 0.1) is 5.52 Å². The Hall–Kier alpha value is -2.35. The lowest BCUT2D eigenvalue weighted by Gasteiger charge is -2.28. The van der Waals surface area contributed by atoms with Crippen LogP contribution in [0, 0.1) is 0 Å². The first-order valence-electron chi connectivity index (χ1n) is 7.40. The summed E-state index contributed by atoms with van der Waals surface area (Å²) in [5.74, 6) is 0.147. The van der Waals surface area contributed by atoms with Crippen LogP contribution in [0.2, 0.25) is 0 Å². The molecule has 8 nitrogen and oxygen atoms in total. The van der Waals surface area contributed by atoms with Gasteiger partial charge in [0.25, 0.3) is 11.5 Å². The number of pyridine rings is 1. The van der Waals surface area contributed by atoms with Crippen molar-refractivity contribution in [1.29, 1.82) is 0 Å². The summed E-state index contributed by atoms with van der Waals surface area (Å²) < 4.78 is 3.20. The Labute approximate surface area is 127 Å². The zero-order valence-electron chi connectivity index (χ0n) is 12.8. The van der Waals surface area contributed by atoms with Gasteiger partial charge in [-0.3, -0.25) is 9.59 Å². The number of nitrogens with one attached hydrogen (secondary N) is 1. The number of nitrogens with zero attached hydrogens (tertiary/aromatic N) is 4. The third kappa shape index (κ3) is 2.16. The van der Waals surface area contributed by atoms with E-state index in [1.54, 1.807) is 13.1 Å². The molecule has 2 aromatic heterocycles. The van der Waals surface area contributed by atoms with Gasteiger partial charge in [0.1, 0.15) is 11.2 Å². The number of hydrogen-bond donors (Lipinski definition) is 2. The number of aromatic nitrogens is 3. The second kappa shape index (κ2) is 5.45. The third-order valence-corrected chi connectivity index (χ3v) is 4.08. The smallest absolute Gasteiger partial charge is 0.277 e. The number of fused-ring (bicyclic) bond motifs is 1. The van der Waals surface area contributed by atoms with Crippen LogP contribution in [0.5, 0.6) is 0 Å². The molecule has 2 aromatic rings. The molecule has 0 radical (unpaired) electrons. The average molecular weight is 304 g/mol. The lowest BCUT2D eigenvalue weighted by atomic mass is 10.3. The van der Waals surface area contributed by atoms with Gasteiger partial charge in [-0.25, -0.2) is 4.98 Å². The van der Waals surface area contributed by atoms with Crippen LogP contribution in [0.4, 0.5) is 5.95 Å². The first-order valence-corrected chi connectivity index (χ1v) is 7.40. The number of amides is 1. The van der Waals surface area contributed by atoms with Crippen molar-refractivity contribution in [3.63, 3.8) is 0 Å². The quantitative estimate of drug-likeness (QED) is 0.778. The van der Waals surface area contributed by atoms with Gasteiger partial charge in [-0.05, 0) is 13.0 Å². The molecule has 118 valence electrons. The Bertz CT molecular complexity index is 785. The van der Waals surface area contributed by atoms with Crippen molar-refractivity contribution in [2.45, 2.75) is 13.5 Å². The number of primary amides is 1. The molecule has 8 heteroatoms. The summed E-state index contributed by atoms with van der Waals surface area (Å²) in [6.07, 6.45) is 0. The van der Waals surface area contributed by atoms with Crippen LogP contribution in [0.15, 0.2) is 10.9 Å². The standard InChI is InChI=1S/C14H20N6O2/c1-3-20-11-9(8-10(12(15)21)18(2)13(11)22)17-14(20)19-6-4-16-5-7-19/h8,16H,3-7H2,1-2H3,(H2,15,21). The largest absolute Gasteiger partial charge is 0.364 e. The summed E-state index contributed by atoms with van der Waals surface area (Å²) in [4.78, 5) is 30.8. The highest BCUT2D eigenvalue weighted by molar-refractivity contribution is 5.94. The van der Waals surface area contributed by atoms with E-state index in [9.17, 15) is 9.59 Å². The fraction of sp³-hybridized carbons (Fsp3) is 0.500. The van der Waals surface area contributed by atoms with Crippen LogP contribution >= 0.6 is 0 Å². The van der Waals surface area contributed by atoms with E-state index in [0.29, 0.717) is 17.6 Å². The molecule has 3 N–H and O–H groups in total. The normalized spacial score (nSPS) is 15.5. The number of carbonyl (C=O) groups excluding carboxylic acids is 1. The molecular formula is C14H20N6O2. The van der Waals surface area contributed by atoms with E-state index in [1.807, 2.05) is 11.5 Å². The first-order chi connectivity index (χ1) is 10.5. The minimum absolute atomic E-state index is 0.171. The molecule has 0 spiro atoms. The fourth-order valence-corrected chi connectivity index (χ4v) is 2.92. The lowest BCUT2D eigenvalue weighted by Crippen LogP contribution is -2.44. The number of piperazine rings is 1. The van der Waals surface area contributed by atoms with Crippen molar-refractivity contribution in [2.24, 2.45) is 12.8 Å². The highest BCUT2D eigenvalue weighted by Gasteiger charge is 2.22. The number of nitrogens with two attached hydrogens (primary N) is 1. The van der Waals surface area contributed by atoms with Gasteiger partial charge in [-0.15, -0.1) is 0 Å². The van der Waals surface area contributed by atoms with E-state index in [4.69, 9.17) is 5.73 Å². The summed E-state index contributed by atoms with van der Waals surface area (Å²) in [6.45, 7) is 6.07. The van der Waals surface area contributed by atoms with E-state index in [-0.39, 0.29) is 11.3 Å². The van der Waals surface area contributed by atoms with E-state index >= 15 is 0 Å². The van der Waals surface area contributed by atoms with Crippen LogP contribution in [0.1, 0.15) is 17.4 Å². The molecule has 0 unspecified atom stereocenters. The highest BCUT2D eigenvalue weighted by atomic mass is 16.2. The van der Waals surface area contributed by atoms with Gasteiger partial charge in [0, 0.05) is 39.8 Å². The summed E-state index contributed by atoms with van der Waals surface area (Å²) in [5, 5.41) is 3.29. The van der Waals surface area contributed by atoms with Gasteiger partial charge in [-0.2, -0.15) is 0 Å². The summed E-state index contributed by atoms with van der Waals surface area (Å²) >= 11 is 0. The van der Waals surface area contributed by atoms with Crippen molar-refractivity contribution in [1.82, 2.24) is 19.4 Å². The fourth-order valence-electron chi connectivity index (χ4n) is 2.92. The topological polar surface area (TPSA) is 98.2 Å². The molecule has 0 saturated carbocycles. The number of aryl methyl sites for hydroxylation is 1. The van der Waals surface area contributed by atoms with Crippen LogP contribution < -0.4 is 21.5 Å². The van der Waals surface area contributed by atoms with E-state index in [2.05, 4.69) is 15.2 Å². The maximum atomic E-state index is 12.6. The number of rotatable bonds is 3. The average Bonchev–Trinajstić information content (AvgIpc) is 2.90. The van der Waals surface area contributed by atoms with Crippen LogP contribution in [-0.2, 0) is 13.6 Å². The Kier molecular flexibility index (Phi) is 3.61. The highest BCUT2D eigenvalue weighted by Crippen LogP contribution is 2.21. The Morgan fingerprint density at radius 2 is 2.09 bits per heavy atom. The Morgan fingerprint density at radius 1 is 1.41 bits per heavy atom. The minimum Gasteiger partial charge on any atom is -0.364 e. The van der Waals surface area contributed by atoms with E-state index in [1.165, 1.54) is 4.57 Å². The number of carbonyl (C=O) groups is 1. The second-order valence-electron chi connectivity index (χ2n) is 5.38. The molecule has 1 aliphatic rings. The third-order valence-electron chi connectivity index (χ3n) is 4.08. The van der Waals surface area contributed by atoms with Gasteiger partial charge >= 0.3 is 0 Å². The Morgan fingerprint density at radius 3 is 2.68 bits per heavy atom. The molecule has 0 aliphatic carbocycles. The molecule has 1 aliphatic heterocycles. The summed E-state index contributed by atoms with van der Waals surface area (Å²) in [6, 6.07) is 1.59. The van der Waals surface area contributed by atoms with E-state index < -0.39 is 5.91 Å². The molecule has 1 saturated heterocycles. The molecule has 0 atom stereocenters. The van der Waals surface area contributed by atoms with Crippen molar-refractivity contribution >= 4 is 22.9 Å². The molecule has 0 aromatic carbocycles. The first kappa shape index (κ1) is 14.6. The van der Waals surface area contributed by atoms with Gasteiger partial charge < -0.3 is 25.1 Å². The van der Waals surface area contributed by atoms with Crippen molar-refractivity contribution in [2.75, 3.05) is 31.1 Å². The zero-order chi connectivity index (χ0) is 15.9. The zero-order valence-corrected chi connectivity index (χ0v) is 12.8. The molecule has 1 fully saturated rings. The summed E-state index contributed by atoms with van der Waals surface area (Å²) in [7, 11) is 1.55. The lowest BCUT2D eigenvalue weighted by molar-refractivity contribution is 0.0991. The predicted molar refractivity (Wildman–Crippen MR) is 84.2 cm³/mol. The summed E-state index contributed by atoms with van der Waals surface area (Å²) in [5.41, 5.74) is 6.30. The molecular weight excluding hydrogens is 284 g/mol. The molecule has 22 heavy (non-hydrogen) atoms. The van der Waals surface area contributed by atoms with Crippen LogP contribution in [0.25, 0.3) is 11.0 Å². The van der Waals surface area contributed by atoms with E-state index in [0.717, 1.165) is 32.1 Å². The maximum absolute atomic E-state index is 12.6. The van der Waals surface area contributed by atoms with Crippen molar-refractivity contribution in [3.05, 3.63) is 22.1 Å². The molecule has 1 amide bonds. The Balaban J connectivity index is 2.25. The molecule has 0 bridgehead atoms. The maximum Gasteiger partial charge on any atom is 0.277 e. The second-order valence-corrected chi connectivity index (χ2v) is 5.38. The molecule has 3 heterocycles. The predicted octanol–water partition coefficient (Wildman–Crippen LogP) is -0.737. The van der Waals surface area contributed by atoms with Gasteiger partial charge in [0.15, 0.2) is 0 Å². The van der Waals surface area contributed by atoms with Crippen molar-refractivity contribution in [3.8, 4) is 0 Å². The van der Waals surface area contributed by atoms with Gasteiger partial charge in [-0.1, -0.05) is 0 Å². The number of hydrogen-bond acceptors (Lipinski definition) is 5. The van der Waals surface area contributed by atoms with Crippen LogP contribution in [0.3, 0.4) is 0 Å². The SMILES string of the molecule is CCn1c(N2CCNCC2)nc2cc(C(N)=O)n(C)c(=O)c21. The van der Waals surface area contributed by atoms with Gasteiger partial charge in [0.2, 0.25) is 5.95 Å². The number of anilines is 1. The number of imidazole rings is 1.